The van der Waals surface area contributed by atoms with Gasteiger partial charge >= 0.3 is 21.7 Å². The first-order valence-corrected chi connectivity index (χ1v) is 12.8. The maximum absolute atomic E-state index is 13.0. The predicted octanol–water partition coefficient (Wildman–Crippen LogP) is 3.92. The molecule has 3 heterocycles. The van der Waals surface area contributed by atoms with Crippen LogP contribution < -0.4 is 4.18 Å². The average molecular weight is 530 g/mol. The number of ether oxygens (including phenoxy) is 1. The average Bonchev–Trinajstić information content (AvgIpc) is 3.15. The van der Waals surface area contributed by atoms with Crippen LogP contribution in [0, 0.1) is 5.92 Å². The van der Waals surface area contributed by atoms with Crippen molar-refractivity contribution in [3.8, 4) is 11.4 Å². The highest BCUT2D eigenvalue weighted by atomic mass is 32.2. The molecule has 1 aromatic heterocycles. The minimum atomic E-state index is -5.76. The zero-order valence-electron chi connectivity index (χ0n) is 20.0. The molecule has 9 nitrogen and oxygen atoms in total. The molecule has 0 radical (unpaired) electrons. The fourth-order valence-corrected chi connectivity index (χ4v) is 4.85. The van der Waals surface area contributed by atoms with E-state index in [1.165, 1.54) is 12.1 Å². The van der Waals surface area contributed by atoms with Gasteiger partial charge in [-0.25, -0.2) is 14.7 Å². The molecule has 1 atom stereocenters. The van der Waals surface area contributed by atoms with Crippen LogP contribution in [0.1, 0.15) is 50.6 Å². The first kappa shape index (κ1) is 26.0. The Kier molecular flexibility index (Phi) is 6.56. The summed E-state index contributed by atoms with van der Waals surface area (Å²) in [6, 6.07) is 3.89. The molecule has 1 saturated heterocycles. The molecule has 2 amide bonds. The normalized spacial score (nSPS) is 18.4. The van der Waals surface area contributed by atoms with E-state index >= 15 is 0 Å². The Morgan fingerprint density at radius 2 is 1.92 bits per heavy atom. The molecule has 2 aromatic rings. The monoisotopic (exact) mass is 529 g/mol. The molecule has 1 fully saturated rings. The highest BCUT2D eigenvalue weighted by Gasteiger charge is 2.48. The summed E-state index contributed by atoms with van der Waals surface area (Å²) < 4.78 is 71.9. The van der Waals surface area contributed by atoms with Crippen LogP contribution in [0.5, 0.6) is 5.75 Å². The van der Waals surface area contributed by atoms with Gasteiger partial charge in [0.15, 0.2) is 0 Å². The lowest BCUT2D eigenvalue weighted by Crippen LogP contribution is -2.47. The van der Waals surface area contributed by atoms with Gasteiger partial charge in [0, 0.05) is 24.6 Å². The fraction of sp³-hybridized carbons (Fsp3) is 0.522. The van der Waals surface area contributed by atoms with Gasteiger partial charge < -0.3 is 13.5 Å². The number of alkyl halides is 3. The van der Waals surface area contributed by atoms with Crippen LogP contribution in [0.2, 0.25) is 0 Å². The number of benzene rings is 1. The number of piperidine rings is 1. The standard InChI is InChI=1S/C23H26F3N3O6S/c1-22(2,3)34-21(31)28-10-4-5-15(20(28)30)12-17-19-8-6-14-11-16(35-36(32,33)23(24,25)26)7-9-18(14)29(19)13-27-17/h7,9,11,13,15H,4-6,8,10,12H2,1-3H3. The number of hydrogen-bond donors (Lipinski definition) is 0. The third-order valence-electron chi connectivity index (χ3n) is 5.99. The number of imidazole rings is 1. The van der Waals surface area contributed by atoms with E-state index in [0.29, 0.717) is 55.6 Å². The summed E-state index contributed by atoms with van der Waals surface area (Å²) in [6.07, 6.45) is 3.39. The molecule has 0 N–H and O–H groups in total. The Labute approximate surface area is 206 Å². The molecule has 4 rings (SSSR count). The molecule has 196 valence electrons. The van der Waals surface area contributed by atoms with Gasteiger partial charge in [-0.05, 0) is 70.2 Å². The number of imide groups is 1. The van der Waals surface area contributed by atoms with Gasteiger partial charge in [-0.1, -0.05) is 0 Å². The number of amides is 2. The van der Waals surface area contributed by atoms with Crippen molar-refractivity contribution < 1.29 is 40.1 Å². The molecular formula is C23H26F3N3O6S. The summed E-state index contributed by atoms with van der Waals surface area (Å²) in [6.45, 7) is 5.50. The van der Waals surface area contributed by atoms with Gasteiger partial charge in [0.25, 0.3) is 0 Å². The number of aryl methyl sites for hydroxylation is 1. The van der Waals surface area contributed by atoms with Crippen LogP contribution in [-0.4, -0.2) is 52.5 Å². The van der Waals surface area contributed by atoms with Crippen molar-refractivity contribution in [2.75, 3.05) is 6.54 Å². The lowest BCUT2D eigenvalue weighted by atomic mass is 9.90. The van der Waals surface area contributed by atoms with E-state index in [4.69, 9.17) is 4.74 Å². The van der Waals surface area contributed by atoms with Gasteiger partial charge in [0.05, 0.1) is 17.7 Å². The minimum Gasteiger partial charge on any atom is -0.443 e. The molecule has 36 heavy (non-hydrogen) atoms. The zero-order valence-corrected chi connectivity index (χ0v) is 20.8. The first-order valence-electron chi connectivity index (χ1n) is 11.4. The van der Waals surface area contributed by atoms with E-state index < -0.39 is 39.0 Å². The van der Waals surface area contributed by atoms with Crippen molar-refractivity contribution in [2.24, 2.45) is 5.92 Å². The van der Waals surface area contributed by atoms with Crippen molar-refractivity contribution in [1.82, 2.24) is 14.5 Å². The number of likely N-dealkylation sites (tertiary alicyclic amines) is 1. The minimum absolute atomic E-state index is 0.299. The molecule has 2 aliphatic heterocycles. The highest BCUT2D eigenvalue weighted by molar-refractivity contribution is 7.88. The van der Waals surface area contributed by atoms with Crippen molar-refractivity contribution in [2.45, 2.75) is 64.0 Å². The summed E-state index contributed by atoms with van der Waals surface area (Å²) in [5.74, 6) is -1.17. The molecule has 1 unspecified atom stereocenters. The molecule has 13 heteroatoms. The molecular weight excluding hydrogens is 503 g/mol. The van der Waals surface area contributed by atoms with E-state index in [1.54, 1.807) is 31.7 Å². The van der Waals surface area contributed by atoms with Gasteiger partial charge in [-0.2, -0.15) is 21.6 Å². The van der Waals surface area contributed by atoms with Gasteiger partial charge in [0.2, 0.25) is 5.91 Å². The first-order chi connectivity index (χ1) is 16.7. The molecule has 0 bridgehead atoms. The summed E-state index contributed by atoms with van der Waals surface area (Å²) in [7, 11) is -5.76. The van der Waals surface area contributed by atoms with Crippen LogP contribution in [0.25, 0.3) is 5.69 Å². The molecule has 0 spiro atoms. The largest absolute Gasteiger partial charge is 0.534 e. The second kappa shape index (κ2) is 9.09. The van der Waals surface area contributed by atoms with Gasteiger partial charge in [-0.3, -0.25) is 4.79 Å². The second-order valence-electron chi connectivity index (χ2n) is 9.80. The second-order valence-corrected chi connectivity index (χ2v) is 11.3. The number of halogens is 3. The van der Waals surface area contributed by atoms with Crippen LogP contribution in [0.3, 0.4) is 0 Å². The van der Waals surface area contributed by atoms with Crippen LogP contribution in [0.4, 0.5) is 18.0 Å². The van der Waals surface area contributed by atoms with Gasteiger partial charge in [-0.15, -0.1) is 0 Å². The summed E-state index contributed by atoms with van der Waals surface area (Å²) >= 11 is 0. The topological polar surface area (TPSA) is 108 Å². The van der Waals surface area contributed by atoms with Gasteiger partial charge in [0.1, 0.15) is 11.4 Å². The van der Waals surface area contributed by atoms with Crippen LogP contribution in [0.15, 0.2) is 24.5 Å². The van der Waals surface area contributed by atoms with E-state index in [-0.39, 0.29) is 5.91 Å². The summed E-state index contributed by atoms with van der Waals surface area (Å²) in [5, 5.41) is 0. The molecule has 2 aliphatic rings. The number of carbonyl (C=O) groups is 2. The maximum Gasteiger partial charge on any atom is 0.534 e. The molecule has 0 saturated carbocycles. The summed E-state index contributed by atoms with van der Waals surface area (Å²) in [4.78, 5) is 31.1. The van der Waals surface area contributed by atoms with Crippen molar-refractivity contribution in [1.29, 1.82) is 0 Å². The van der Waals surface area contributed by atoms with E-state index in [1.807, 2.05) is 0 Å². The quantitative estimate of drug-likeness (QED) is 0.437. The smallest absolute Gasteiger partial charge is 0.443 e. The molecule has 0 aliphatic carbocycles. The van der Waals surface area contributed by atoms with Crippen molar-refractivity contribution in [3.05, 3.63) is 41.5 Å². The predicted molar refractivity (Wildman–Crippen MR) is 121 cm³/mol. The zero-order chi connectivity index (χ0) is 26.5. The Morgan fingerprint density at radius 3 is 2.58 bits per heavy atom. The number of carbonyl (C=O) groups excluding carboxylic acids is 2. The fourth-order valence-electron chi connectivity index (χ4n) is 4.40. The summed E-state index contributed by atoms with van der Waals surface area (Å²) in [5.41, 5.74) is -3.46. The number of aromatic nitrogens is 2. The van der Waals surface area contributed by atoms with E-state index in [9.17, 15) is 31.2 Å². The Balaban J connectivity index is 1.51. The SMILES string of the molecule is CC(C)(C)OC(=O)N1CCCC(Cc2ncn3c2CCc2cc(OS(=O)(=O)C(F)(F)F)ccc2-3)C1=O. The van der Waals surface area contributed by atoms with Crippen molar-refractivity contribution in [3.63, 3.8) is 0 Å². The lowest BCUT2D eigenvalue weighted by molar-refractivity contribution is -0.137. The Morgan fingerprint density at radius 1 is 1.19 bits per heavy atom. The lowest BCUT2D eigenvalue weighted by Gasteiger charge is -2.32. The van der Waals surface area contributed by atoms with Crippen LogP contribution >= 0.6 is 0 Å². The maximum atomic E-state index is 13.0. The third kappa shape index (κ3) is 5.20. The Hall–Kier alpha value is -3.09. The van der Waals surface area contributed by atoms with E-state index in [0.717, 1.165) is 16.7 Å². The van der Waals surface area contributed by atoms with Crippen molar-refractivity contribution >= 4 is 22.1 Å². The molecule has 1 aromatic carbocycles. The van der Waals surface area contributed by atoms with Crippen LogP contribution in [-0.2, 0) is 38.9 Å². The number of nitrogens with zero attached hydrogens (tertiary/aromatic N) is 3. The number of rotatable bonds is 4. The number of fused-ring (bicyclic) bond motifs is 3. The van der Waals surface area contributed by atoms with E-state index in [2.05, 4.69) is 9.17 Å². The third-order valence-corrected chi connectivity index (χ3v) is 6.97. The Bertz CT molecular complexity index is 1300. The highest BCUT2D eigenvalue weighted by Crippen LogP contribution is 2.33. The number of hydrogen-bond acceptors (Lipinski definition) is 7.